The van der Waals surface area contributed by atoms with Gasteiger partial charge in [0.1, 0.15) is 0 Å². The summed E-state index contributed by atoms with van der Waals surface area (Å²) in [5.41, 5.74) is 0.902. The van der Waals surface area contributed by atoms with E-state index in [0.717, 1.165) is 0 Å². The Balaban J connectivity index is 2.71. The number of ether oxygens (including phenoxy) is 1. The molecule has 1 N–H and O–H groups in total. The third-order valence-corrected chi connectivity index (χ3v) is 3.69. The minimum Gasteiger partial charge on any atom is -0.465 e. The van der Waals surface area contributed by atoms with Crippen LogP contribution in [0.5, 0.6) is 0 Å². The van der Waals surface area contributed by atoms with Gasteiger partial charge in [0.05, 0.1) is 17.6 Å². The fraction of sp³-hybridized carbons (Fsp3) is 0.100. The lowest BCUT2D eigenvalue weighted by Gasteiger charge is -1.99. The molecule has 0 aliphatic heterocycles. The molecule has 1 aromatic carbocycles. The third kappa shape index (κ3) is 2.13. The molecule has 0 atom stereocenters. The van der Waals surface area contributed by atoms with Gasteiger partial charge >= 0.3 is 5.97 Å². The molecule has 17 heavy (non-hydrogen) atoms. The van der Waals surface area contributed by atoms with Crippen molar-refractivity contribution >= 4 is 36.6 Å². The monoisotopic (exact) mass is 273 g/mol. The van der Waals surface area contributed by atoms with E-state index in [9.17, 15) is 13.2 Å². The van der Waals surface area contributed by atoms with Crippen LogP contribution in [0.1, 0.15) is 10.4 Å². The Labute approximate surface area is 102 Å². The van der Waals surface area contributed by atoms with Gasteiger partial charge in [-0.3, -0.25) is 0 Å². The summed E-state index contributed by atoms with van der Waals surface area (Å²) >= 11 is 0. The number of hydrogen-bond acceptors (Lipinski definition) is 4. The van der Waals surface area contributed by atoms with Crippen molar-refractivity contribution in [2.24, 2.45) is 0 Å². The number of hydrogen-bond donors (Lipinski definition) is 1. The number of H-pyrrole nitrogens is 1. The highest BCUT2D eigenvalue weighted by molar-refractivity contribution is 8.13. The Kier molecular flexibility index (Phi) is 2.84. The Morgan fingerprint density at radius 3 is 2.71 bits per heavy atom. The van der Waals surface area contributed by atoms with Crippen molar-refractivity contribution in [1.82, 2.24) is 4.98 Å². The SMILES string of the molecule is COC(=O)c1c[nH]c2ccc(S(=O)(=O)Cl)cc12. The van der Waals surface area contributed by atoms with E-state index >= 15 is 0 Å². The van der Waals surface area contributed by atoms with Crippen molar-refractivity contribution in [2.75, 3.05) is 7.11 Å². The summed E-state index contributed by atoms with van der Waals surface area (Å²) in [6.07, 6.45) is 1.46. The van der Waals surface area contributed by atoms with Crippen molar-refractivity contribution in [3.8, 4) is 0 Å². The maximum absolute atomic E-state index is 11.4. The van der Waals surface area contributed by atoms with Crippen molar-refractivity contribution in [3.63, 3.8) is 0 Å². The first kappa shape index (κ1) is 11.9. The zero-order valence-corrected chi connectivity index (χ0v) is 10.3. The zero-order chi connectivity index (χ0) is 12.6. The molecule has 7 heteroatoms. The van der Waals surface area contributed by atoms with E-state index < -0.39 is 15.0 Å². The molecule has 0 amide bonds. The van der Waals surface area contributed by atoms with Crippen molar-refractivity contribution in [1.29, 1.82) is 0 Å². The topological polar surface area (TPSA) is 76.2 Å². The van der Waals surface area contributed by atoms with E-state index in [1.807, 2.05) is 0 Å². The van der Waals surface area contributed by atoms with E-state index in [4.69, 9.17) is 10.7 Å². The average molecular weight is 274 g/mol. The van der Waals surface area contributed by atoms with Crippen LogP contribution < -0.4 is 0 Å². The number of halogens is 1. The summed E-state index contributed by atoms with van der Waals surface area (Å²) in [6.45, 7) is 0. The average Bonchev–Trinajstić information content (AvgIpc) is 2.69. The smallest absolute Gasteiger partial charge is 0.340 e. The minimum atomic E-state index is -3.82. The predicted molar refractivity (Wildman–Crippen MR) is 62.7 cm³/mol. The van der Waals surface area contributed by atoms with Crippen LogP contribution in [0, 0.1) is 0 Å². The van der Waals surface area contributed by atoms with Gasteiger partial charge in [-0.1, -0.05) is 0 Å². The number of esters is 1. The highest BCUT2D eigenvalue weighted by Crippen LogP contribution is 2.24. The Morgan fingerprint density at radius 2 is 2.12 bits per heavy atom. The van der Waals surface area contributed by atoms with Gasteiger partial charge in [0.15, 0.2) is 0 Å². The van der Waals surface area contributed by atoms with Crippen LogP contribution in [0.25, 0.3) is 10.9 Å². The lowest BCUT2D eigenvalue weighted by Crippen LogP contribution is -1.99. The maximum Gasteiger partial charge on any atom is 0.340 e. The summed E-state index contributed by atoms with van der Waals surface area (Å²) in [4.78, 5) is 14.2. The van der Waals surface area contributed by atoms with E-state index in [1.165, 1.54) is 31.5 Å². The third-order valence-electron chi connectivity index (χ3n) is 2.34. The van der Waals surface area contributed by atoms with Crippen LogP contribution in [0.3, 0.4) is 0 Å². The van der Waals surface area contributed by atoms with E-state index in [-0.39, 0.29) is 10.5 Å². The molecular formula is C10H8ClNO4S. The van der Waals surface area contributed by atoms with Gasteiger partial charge in [-0.25, -0.2) is 13.2 Å². The number of carbonyl (C=O) groups excluding carboxylic acids is 1. The molecule has 0 radical (unpaired) electrons. The number of rotatable bonds is 2. The molecule has 5 nitrogen and oxygen atoms in total. The molecule has 1 heterocycles. The summed E-state index contributed by atoms with van der Waals surface area (Å²) in [6, 6.07) is 4.24. The summed E-state index contributed by atoms with van der Waals surface area (Å²) in [7, 11) is 2.68. The van der Waals surface area contributed by atoms with E-state index in [2.05, 4.69) is 9.72 Å². The molecule has 0 saturated heterocycles. The van der Waals surface area contributed by atoms with Gasteiger partial charge in [0, 0.05) is 27.8 Å². The largest absolute Gasteiger partial charge is 0.465 e. The number of carbonyl (C=O) groups is 1. The fourth-order valence-electron chi connectivity index (χ4n) is 1.53. The molecular weight excluding hydrogens is 266 g/mol. The molecule has 0 saturated carbocycles. The first-order chi connectivity index (χ1) is 7.93. The normalized spacial score (nSPS) is 11.6. The van der Waals surface area contributed by atoms with Gasteiger partial charge in [0.25, 0.3) is 9.05 Å². The van der Waals surface area contributed by atoms with Crippen LogP contribution in [0.4, 0.5) is 0 Å². The van der Waals surface area contributed by atoms with Gasteiger partial charge in [-0.15, -0.1) is 0 Å². The number of aromatic nitrogens is 1. The molecule has 0 unspecified atom stereocenters. The number of nitrogens with one attached hydrogen (secondary N) is 1. The van der Waals surface area contributed by atoms with E-state index in [1.54, 1.807) is 0 Å². The molecule has 2 aromatic rings. The molecule has 0 fully saturated rings. The molecule has 1 aromatic heterocycles. The van der Waals surface area contributed by atoms with Gasteiger partial charge in [-0.2, -0.15) is 0 Å². The molecule has 0 aliphatic carbocycles. The second-order valence-corrected chi connectivity index (χ2v) is 5.91. The highest BCUT2D eigenvalue weighted by Gasteiger charge is 2.16. The summed E-state index contributed by atoms with van der Waals surface area (Å²) in [5.74, 6) is -0.541. The number of benzene rings is 1. The fourth-order valence-corrected chi connectivity index (χ4v) is 2.31. The summed E-state index contributed by atoms with van der Waals surface area (Å²) < 4.78 is 27.0. The number of fused-ring (bicyclic) bond motifs is 1. The molecule has 0 bridgehead atoms. The standard InChI is InChI=1S/C10H8ClNO4S/c1-16-10(13)8-5-12-9-3-2-6(4-7(8)9)17(11,14)15/h2-5,12H,1H3. The van der Waals surface area contributed by atoms with Crippen LogP contribution in [0.15, 0.2) is 29.3 Å². The number of aromatic amines is 1. The molecule has 2 rings (SSSR count). The molecule has 0 aliphatic rings. The maximum atomic E-state index is 11.4. The van der Waals surface area contributed by atoms with Gasteiger partial charge in [0.2, 0.25) is 0 Å². The van der Waals surface area contributed by atoms with E-state index in [0.29, 0.717) is 10.9 Å². The first-order valence-electron chi connectivity index (χ1n) is 4.57. The summed E-state index contributed by atoms with van der Waals surface area (Å²) in [5, 5.41) is 0.457. The van der Waals surface area contributed by atoms with Crippen LogP contribution in [-0.2, 0) is 13.8 Å². The lowest BCUT2D eigenvalue weighted by molar-refractivity contribution is 0.0603. The first-order valence-corrected chi connectivity index (χ1v) is 6.88. The Hall–Kier alpha value is -1.53. The second-order valence-electron chi connectivity index (χ2n) is 3.34. The molecule has 0 spiro atoms. The van der Waals surface area contributed by atoms with Gasteiger partial charge in [-0.05, 0) is 18.2 Å². The Bertz CT molecular complexity index is 689. The van der Waals surface area contributed by atoms with Crippen molar-refractivity contribution in [2.45, 2.75) is 4.90 Å². The van der Waals surface area contributed by atoms with Gasteiger partial charge < -0.3 is 9.72 Å². The predicted octanol–water partition coefficient (Wildman–Crippen LogP) is 1.88. The highest BCUT2D eigenvalue weighted by atomic mass is 35.7. The quantitative estimate of drug-likeness (QED) is 0.669. The Morgan fingerprint density at radius 1 is 1.41 bits per heavy atom. The van der Waals surface area contributed by atoms with Crippen LogP contribution >= 0.6 is 10.7 Å². The second kappa shape index (κ2) is 4.05. The minimum absolute atomic E-state index is 0.0589. The molecule has 90 valence electrons. The van der Waals surface area contributed by atoms with Crippen molar-refractivity contribution in [3.05, 3.63) is 30.0 Å². The van der Waals surface area contributed by atoms with Crippen LogP contribution in [-0.4, -0.2) is 26.5 Å². The van der Waals surface area contributed by atoms with Crippen molar-refractivity contribution < 1.29 is 17.9 Å². The number of methoxy groups -OCH3 is 1. The van der Waals surface area contributed by atoms with Crippen LogP contribution in [0.2, 0.25) is 0 Å². The zero-order valence-electron chi connectivity index (χ0n) is 8.73. The lowest BCUT2D eigenvalue weighted by atomic mass is 10.2.